The zero-order chi connectivity index (χ0) is 13.7. The van der Waals surface area contributed by atoms with Gasteiger partial charge in [0.2, 0.25) is 0 Å². The zero-order valence-electron chi connectivity index (χ0n) is 11.3. The highest BCUT2D eigenvalue weighted by Crippen LogP contribution is 2.18. The fourth-order valence-corrected chi connectivity index (χ4v) is 2.10. The molecule has 0 fully saturated rings. The predicted octanol–water partition coefficient (Wildman–Crippen LogP) is 1.57. The van der Waals surface area contributed by atoms with Crippen molar-refractivity contribution in [3.63, 3.8) is 0 Å². The average Bonchev–Trinajstić information content (AvgIpc) is 2.87. The molecule has 0 saturated carbocycles. The second-order valence-electron chi connectivity index (χ2n) is 4.50. The van der Waals surface area contributed by atoms with Crippen molar-refractivity contribution in [1.29, 1.82) is 0 Å². The number of rotatable bonds is 6. The van der Waals surface area contributed by atoms with E-state index in [0.717, 1.165) is 24.4 Å². The molecule has 1 heterocycles. The number of aryl methyl sites for hydroxylation is 2. The molecule has 2 aromatic rings. The van der Waals surface area contributed by atoms with Gasteiger partial charge < -0.3 is 9.30 Å². The molecule has 0 aliphatic rings. The number of ether oxygens (including phenoxy) is 1. The van der Waals surface area contributed by atoms with E-state index in [-0.39, 0.29) is 6.04 Å². The lowest BCUT2D eigenvalue weighted by molar-refractivity contribution is 0.414. The first-order valence-electron chi connectivity index (χ1n) is 6.31. The molecule has 0 aliphatic carbocycles. The van der Waals surface area contributed by atoms with Crippen LogP contribution in [0.5, 0.6) is 5.75 Å². The van der Waals surface area contributed by atoms with Crippen LogP contribution in [-0.4, -0.2) is 16.7 Å². The number of hydrogen-bond donors (Lipinski definition) is 2. The lowest BCUT2D eigenvalue weighted by atomic mass is 10.0. The number of hydrazine groups is 1. The molecule has 2 rings (SSSR count). The van der Waals surface area contributed by atoms with Gasteiger partial charge in [-0.1, -0.05) is 12.1 Å². The van der Waals surface area contributed by atoms with Crippen molar-refractivity contribution in [2.45, 2.75) is 18.9 Å². The summed E-state index contributed by atoms with van der Waals surface area (Å²) in [5.74, 6) is 7.45. The maximum absolute atomic E-state index is 5.62. The topological polar surface area (TPSA) is 65.1 Å². The van der Waals surface area contributed by atoms with Gasteiger partial charge in [0, 0.05) is 19.4 Å². The first-order chi connectivity index (χ1) is 9.24. The smallest absolute Gasteiger partial charge is 0.126 e. The summed E-state index contributed by atoms with van der Waals surface area (Å²) < 4.78 is 7.13. The minimum absolute atomic E-state index is 0.0575. The highest BCUT2D eigenvalue weighted by molar-refractivity contribution is 5.27. The van der Waals surface area contributed by atoms with Crippen molar-refractivity contribution < 1.29 is 4.74 Å². The number of nitrogens with zero attached hydrogens (tertiary/aromatic N) is 2. The van der Waals surface area contributed by atoms with Gasteiger partial charge in [0.1, 0.15) is 11.6 Å². The van der Waals surface area contributed by atoms with Crippen molar-refractivity contribution in [3.05, 3.63) is 48.0 Å². The quantitative estimate of drug-likeness (QED) is 0.611. The Morgan fingerprint density at radius 2 is 2.11 bits per heavy atom. The normalized spacial score (nSPS) is 12.4. The minimum Gasteiger partial charge on any atom is -0.497 e. The molecule has 3 N–H and O–H groups in total. The van der Waals surface area contributed by atoms with E-state index in [2.05, 4.69) is 22.5 Å². The Labute approximate surface area is 113 Å². The van der Waals surface area contributed by atoms with E-state index in [1.54, 1.807) is 13.3 Å². The molecule has 1 aromatic carbocycles. The Morgan fingerprint density at radius 3 is 2.63 bits per heavy atom. The number of methoxy groups -OCH3 is 1. The Kier molecular flexibility index (Phi) is 4.54. The van der Waals surface area contributed by atoms with Crippen LogP contribution in [0.15, 0.2) is 36.7 Å². The first kappa shape index (κ1) is 13.6. The molecule has 1 unspecified atom stereocenters. The van der Waals surface area contributed by atoms with Crippen LogP contribution in [0.1, 0.15) is 23.9 Å². The molecule has 5 nitrogen and oxygen atoms in total. The summed E-state index contributed by atoms with van der Waals surface area (Å²) in [7, 11) is 3.64. The van der Waals surface area contributed by atoms with E-state index in [0.29, 0.717) is 0 Å². The highest BCUT2D eigenvalue weighted by Gasteiger charge is 2.13. The van der Waals surface area contributed by atoms with Crippen molar-refractivity contribution >= 4 is 0 Å². The van der Waals surface area contributed by atoms with Gasteiger partial charge in [-0.25, -0.2) is 10.4 Å². The summed E-state index contributed by atoms with van der Waals surface area (Å²) in [6.07, 6.45) is 5.54. The van der Waals surface area contributed by atoms with Gasteiger partial charge in [-0.3, -0.25) is 5.84 Å². The Balaban J connectivity index is 1.98. The first-order valence-corrected chi connectivity index (χ1v) is 6.31. The Bertz CT molecular complexity index is 506. The fraction of sp³-hybridized carbons (Fsp3) is 0.357. The lowest BCUT2D eigenvalue weighted by Crippen LogP contribution is -2.30. The SMILES string of the molecule is COc1ccc(CCC(NN)c2nccn2C)cc1. The molecule has 19 heavy (non-hydrogen) atoms. The molecule has 1 aromatic heterocycles. The van der Waals surface area contributed by atoms with E-state index in [9.17, 15) is 0 Å². The summed E-state index contributed by atoms with van der Waals surface area (Å²) >= 11 is 0. The molecule has 1 atom stereocenters. The van der Waals surface area contributed by atoms with Gasteiger partial charge in [-0.15, -0.1) is 0 Å². The van der Waals surface area contributed by atoms with Crippen molar-refractivity contribution in [2.75, 3.05) is 7.11 Å². The Morgan fingerprint density at radius 1 is 1.37 bits per heavy atom. The maximum atomic E-state index is 5.62. The summed E-state index contributed by atoms with van der Waals surface area (Å²) in [5.41, 5.74) is 4.09. The monoisotopic (exact) mass is 260 g/mol. The third-order valence-electron chi connectivity index (χ3n) is 3.25. The van der Waals surface area contributed by atoms with Crippen LogP contribution in [0.2, 0.25) is 0 Å². The fourth-order valence-electron chi connectivity index (χ4n) is 2.10. The molecular formula is C14H20N4O. The number of hydrogen-bond acceptors (Lipinski definition) is 4. The number of aromatic nitrogens is 2. The largest absolute Gasteiger partial charge is 0.497 e. The standard InChI is InChI=1S/C14H20N4O/c1-18-10-9-16-14(18)13(17-15)8-5-11-3-6-12(19-2)7-4-11/h3-4,6-7,9-10,13,17H,5,8,15H2,1-2H3. The van der Waals surface area contributed by atoms with Crippen LogP contribution in [0.3, 0.4) is 0 Å². The van der Waals surface area contributed by atoms with Crippen LogP contribution in [0.25, 0.3) is 0 Å². The van der Waals surface area contributed by atoms with Crippen LogP contribution >= 0.6 is 0 Å². The van der Waals surface area contributed by atoms with E-state index in [4.69, 9.17) is 10.6 Å². The molecule has 0 amide bonds. The average molecular weight is 260 g/mol. The van der Waals surface area contributed by atoms with E-state index >= 15 is 0 Å². The van der Waals surface area contributed by atoms with Gasteiger partial charge in [0.25, 0.3) is 0 Å². The summed E-state index contributed by atoms with van der Waals surface area (Å²) in [6.45, 7) is 0. The molecule has 0 radical (unpaired) electrons. The van der Waals surface area contributed by atoms with E-state index in [1.165, 1.54) is 5.56 Å². The van der Waals surface area contributed by atoms with Gasteiger partial charge in [-0.05, 0) is 30.5 Å². The minimum atomic E-state index is 0.0575. The van der Waals surface area contributed by atoms with Gasteiger partial charge >= 0.3 is 0 Å². The van der Waals surface area contributed by atoms with Crippen LogP contribution in [0.4, 0.5) is 0 Å². The third-order valence-corrected chi connectivity index (χ3v) is 3.25. The van der Waals surface area contributed by atoms with Crippen LogP contribution in [-0.2, 0) is 13.5 Å². The van der Waals surface area contributed by atoms with Crippen molar-refractivity contribution in [2.24, 2.45) is 12.9 Å². The molecule has 5 heteroatoms. The molecular weight excluding hydrogens is 240 g/mol. The van der Waals surface area contributed by atoms with E-state index in [1.807, 2.05) is 29.9 Å². The molecule has 0 spiro atoms. The second kappa shape index (κ2) is 6.36. The second-order valence-corrected chi connectivity index (χ2v) is 4.50. The summed E-state index contributed by atoms with van der Waals surface area (Å²) in [5, 5.41) is 0. The Hall–Kier alpha value is -1.85. The predicted molar refractivity (Wildman–Crippen MR) is 74.6 cm³/mol. The number of nitrogens with one attached hydrogen (secondary N) is 1. The molecule has 0 bridgehead atoms. The number of imidazole rings is 1. The number of nitrogens with two attached hydrogens (primary N) is 1. The maximum Gasteiger partial charge on any atom is 0.126 e. The van der Waals surface area contributed by atoms with Gasteiger partial charge in [0.05, 0.1) is 13.2 Å². The third kappa shape index (κ3) is 3.33. The van der Waals surface area contributed by atoms with Gasteiger partial charge in [0.15, 0.2) is 0 Å². The summed E-state index contributed by atoms with van der Waals surface area (Å²) in [6, 6.07) is 8.15. The highest BCUT2D eigenvalue weighted by atomic mass is 16.5. The van der Waals surface area contributed by atoms with Crippen LogP contribution < -0.4 is 16.0 Å². The molecule has 0 saturated heterocycles. The number of benzene rings is 1. The van der Waals surface area contributed by atoms with Crippen LogP contribution in [0, 0.1) is 0 Å². The molecule has 0 aliphatic heterocycles. The van der Waals surface area contributed by atoms with Crippen molar-refractivity contribution in [1.82, 2.24) is 15.0 Å². The van der Waals surface area contributed by atoms with Gasteiger partial charge in [-0.2, -0.15) is 0 Å². The lowest BCUT2D eigenvalue weighted by Gasteiger charge is -2.15. The zero-order valence-corrected chi connectivity index (χ0v) is 11.3. The van der Waals surface area contributed by atoms with Crippen molar-refractivity contribution in [3.8, 4) is 5.75 Å². The molecule has 102 valence electrons. The summed E-state index contributed by atoms with van der Waals surface area (Å²) in [4.78, 5) is 4.33. The van der Waals surface area contributed by atoms with E-state index < -0.39 is 0 Å².